The molecule has 0 bridgehead atoms. The molecule has 90 valence electrons. The van der Waals surface area contributed by atoms with E-state index in [0.29, 0.717) is 18.7 Å². The maximum Gasteiger partial charge on any atom is 0.322 e. The van der Waals surface area contributed by atoms with Crippen LogP contribution in [0.4, 0.5) is 5.95 Å². The van der Waals surface area contributed by atoms with Crippen LogP contribution in [-0.2, 0) is 0 Å². The Kier molecular flexibility index (Phi) is 4.42. The fraction of sp³-hybridized carbons (Fsp3) is 0.700. The fourth-order valence-corrected chi connectivity index (χ4v) is 0.964. The van der Waals surface area contributed by atoms with Gasteiger partial charge in [-0.25, -0.2) is 4.98 Å². The molecule has 0 amide bonds. The summed E-state index contributed by atoms with van der Waals surface area (Å²) in [5.41, 5.74) is -0.0830. The second kappa shape index (κ2) is 5.60. The SMILES string of the molecule is CCNCOc1ncnc(NC(C)(C)C)n1. The van der Waals surface area contributed by atoms with Gasteiger partial charge in [-0.15, -0.1) is 0 Å². The van der Waals surface area contributed by atoms with Crippen LogP contribution in [-0.4, -0.2) is 33.8 Å². The van der Waals surface area contributed by atoms with Gasteiger partial charge in [0.1, 0.15) is 13.1 Å². The van der Waals surface area contributed by atoms with Crippen molar-refractivity contribution in [3.8, 4) is 6.01 Å². The fourth-order valence-electron chi connectivity index (χ4n) is 0.964. The number of anilines is 1. The first kappa shape index (κ1) is 12.6. The van der Waals surface area contributed by atoms with E-state index in [1.54, 1.807) is 0 Å². The minimum atomic E-state index is -0.0830. The third kappa shape index (κ3) is 4.88. The largest absolute Gasteiger partial charge is 0.447 e. The number of hydrogen-bond acceptors (Lipinski definition) is 6. The summed E-state index contributed by atoms with van der Waals surface area (Å²) in [5, 5.41) is 6.17. The van der Waals surface area contributed by atoms with Crippen LogP contribution in [0.5, 0.6) is 6.01 Å². The van der Waals surface area contributed by atoms with Crippen molar-refractivity contribution in [2.24, 2.45) is 0 Å². The van der Waals surface area contributed by atoms with Gasteiger partial charge in [-0.3, -0.25) is 5.32 Å². The molecule has 0 aliphatic rings. The van der Waals surface area contributed by atoms with E-state index < -0.39 is 0 Å². The lowest BCUT2D eigenvalue weighted by molar-refractivity contribution is 0.264. The first-order chi connectivity index (χ1) is 7.51. The zero-order valence-electron chi connectivity index (χ0n) is 10.2. The summed E-state index contributed by atoms with van der Waals surface area (Å²) in [6.07, 6.45) is 1.43. The molecule has 0 atom stereocenters. The van der Waals surface area contributed by atoms with Gasteiger partial charge in [-0.1, -0.05) is 6.92 Å². The van der Waals surface area contributed by atoms with Crippen molar-refractivity contribution in [2.75, 3.05) is 18.6 Å². The van der Waals surface area contributed by atoms with Gasteiger partial charge in [0.2, 0.25) is 5.95 Å². The second-order valence-electron chi connectivity index (χ2n) is 4.36. The van der Waals surface area contributed by atoms with Gasteiger partial charge in [0.25, 0.3) is 0 Å². The third-order valence-electron chi connectivity index (χ3n) is 1.59. The summed E-state index contributed by atoms with van der Waals surface area (Å²) in [7, 11) is 0. The number of aromatic nitrogens is 3. The topological polar surface area (TPSA) is 72.0 Å². The van der Waals surface area contributed by atoms with Crippen LogP contribution in [0.15, 0.2) is 6.33 Å². The number of hydrogen-bond donors (Lipinski definition) is 2. The standard InChI is InChI=1S/C10H19N5O/c1-5-11-7-16-9-13-6-12-8(14-9)15-10(2,3)4/h6,11H,5,7H2,1-4H3,(H,12,13,14,15). The molecule has 0 radical (unpaired) electrons. The lowest BCUT2D eigenvalue weighted by atomic mass is 10.1. The van der Waals surface area contributed by atoms with Crippen molar-refractivity contribution < 1.29 is 4.74 Å². The highest BCUT2D eigenvalue weighted by molar-refractivity contribution is 5.27. The summed E-state index contributed by atoms with van der Waals surface area (Å²) in [4.78, 5) is 12.1. The maximum absolute atomic E-state index is 5.29. The molecule has 1 heterocycles. The summed E-state index contributed by atoms with van der Waals surface area (Å²) >= 11 is 0. The quantitative estimate of drug-likeness (QED) is 0.576. The van der Waals surface area contributed by atoms with Crippen LogP contribution in [0.3, 0.4) is 0 Å². The van der Waals surface area contributed by atoms with Crippen LogP contribution in [0.1, 0.15) is 27.7 Å². The Labute approximate surface area is 95.9 Å². The summed E-state index contributed by atoms with van der Waals surface area (Å²) in [5.74, 6) is 0.522. The van der Waals surface area contributed by atoms with Gasteiger partial charge in [-0.2, -0.15) is 9.97 Å². The van der Waals surface area contributed by atoms with E-state index in [1.165, 1.54) is 6.33 Å². The van der Waals surface area contributed by atoms with E-state index in [-0.39, 0.29) is 5.54 Å². The molecule has 0 fully saturated rings. The van der Waals surface area contributed by atoms with E-state index in [4.69, 9.17) is 4.74 Å². The lowest BCUT2D eigenvalue weighted by Crippen LogP contribution is -2.27. The summed E-state index contributed by atoms with van der Waals surface area (Å²) < 4.78 is 5.29. The summed E-state index contributed by atoms with van der Waals surface area (Å²) in [6, 6.07) is 0.322. The Morgan fingerprint density at radius 2 is 2.06 bits per heavy atom. The van der Waals surface area contributed by atoms with E-state index in [2.05, 4.69) is 25.6 Å². The molecule has 16 heavy (non-hydrogen) atoms. The molecule has 6 heteroatoms. The van der Waals surface area contributed by atoms with Crippen molar-refractivity contribution in [1.29, 1.82) is 0 Å². The van der Waals surface area contributed by atoms with E-state index in [1.807, 2.05) is 27.7 Å². The van der Waals surface area contributed by atoms with E-state index in [0.717, 1.165) is 6.54 Å². The highest BCUT2D eigenvalue weighted by Crippen LogP contribution is 2.10. The monoisotopic (exact) mass is 225 g/mol. The Morgan fingerprint density at radius 1 is 1.31 bits per heavy atom. The van der Waals surface area contributed by atoms with Crippen molar-refractivity contribution in [3.05, 3.63) is 6.33 Å². The first-order valence-corrected chi connectivity index (χ1v) is 5.32. The van der Waals surface area contributed by atoms with Crippen LogP contribution >= 0.6 is 0 Å². The van der Waals surface area contributed by atoms with Crippen molar-refractivity contribution in [2.45, 2.75) is 33.2 Å². The molecule has 0 saturated carbocycles. The molecule has 0 saturated heterocycles. The van der Waals surface area contributed by atoms with Crippen LogP contribution < -0.4 is 15.4 Å². The number of nitrogens with one attached hydrogen (secondary N) is 2. The lowest BCUT2D eigenvalue weighted by Gasteiger charge is -2.20. The molecule has 1 aromatic heterocycles. The molecule has 0 aliphatic heterocycles. The van der Waals surface area contributed by atoms with E-state index >= 15 is 0 Å². The minimum absolute atomic E-state index is 0.0830. The Hall–Kier alpha value is -1.43. The molecule has 1 aromatic rings. The molecule has 0 aromatic carbocycles. The predicted molar refractivity (Wildman–Crippen MR) is 62.4 cm³/mol. The van der Waals surface area contributed by atoms with Gasteiger partial charge >= 0.3 is 6.01 Å². The van der Waals surface area contributed by atoms with Gasteiger partial charge in [0, 0.05) is 5.54 Å². The normalized spacial score (nSPS) is 11.2. The molecule has 0 spiro atoms. The Morgan fingerprint density at radius 3 is 2.69 bits per heavy atom. The molecular weight excluding hydrogens is 206 g/mol. The number of rotatable bonds is 5. The zero-order chi connectivity index (χ0) is 12.0. The van der Waals surface area contributed by atoms with Crippen molar-refractivity contribution in [3.63, 3.8) is 0 Å². The van der Waals surface area contributed by atoms with Crippen LogP contribution in [0.25, 0.3) is 0 Å². The van der Waals surface area contributed by atoms with Crippen LogP contribution in [0.2, 0.25) is 0 Å². The smallest absolute Gasteiger partial charge is 0.322 e. The van der Waals surface area contributed by atoms with Gasteiger partial charge < -0.3 is 10.1 Å². The first-order valence-electron chi connectivity index (χ1n) is 5.32. The summed E-state index contributed by atoms with van der Waals surface area (Å²) in [6.45, 7) is 9.36. The number of nitrogens with zero attached hydrogens (tertiary/aromatic N) is 3. The average Bonchev–Trinajstić information content (AvgIpc) is 2.16. The van der Waals surface area contributed by atoms with Crippen LogP contribution in [0, 0.1) is 0 Å². The molecular formula is C10H19N5O. The predicted octanol–water partition coefficient (Wildman–Crippen LogP) is 1.03. The van der Waals surface area contributed by atoms with Crippen molar-refractivity contribution >= 4 is 5.95 Å². The highest BCUT2D eigenvalue weighted by Gasteiger charge is 2.11. The average molecular weight is 225 g/mol. The molecule has 0 unspecified atom stereocenters. The van der Waals surface area contributed by atoms with Gasteiger partial charge in [0.15, 0.2) is 0 Å². The van der Waals surface area contributed by atoms with Crippen molar-refractivity contribution in [1.82, 2.24) is 20.3 Å². The molecule has 0 aliphatic carbocycles. The molecule has 2 N–H and O–H groups in total. The zero-order valence-corrected chi connectivity index (χ0v) is 10.2. The second-order valence-corrected chi connectivity index (χ2v) is 4.36. The minimum Gasteiger partial charge on any atom is -0.447 e. The third-order valence-corrected chi connectivity index (χ3v) is 1.59. The Bertz CT molecular complexity index is 323. The Balaban J connectivity index is 2.57. The van der Waals surface area contributed by atoms with E-state index in [9.17, 15) is 0 Å². The molecule has 6 nitrogen and oxygen atoms in total. The highest BCUT2D eigenvalue weighted by atomic mass is 16.5. The van der Waals surface area contributed by atoms with Gasteiger partial charge in [0.05, 0.1) is 0 Å². The number of ether oxygens (including phenoxy) is 1. The van der Waals surface area contributed by atoms with Gasteiger partial charge in [-0.05, 0) is 27.3 Å². The maximum atomic E-state index is 5.29. The molecule has 1 rings (SSSR count).